The van der Waals surface area contributed by atoms with Gasteiger partial charge in [-0.05, 0) is 24.4 Å². The van der Waals surface area contributed by atoms with Gasteiger partial charge in [-0.2, -0.15) is 9.97 Å². The normalized spacial score (nSPS) is 30.0. The number of imidazole rings is 1. The Morgan fingerprint density at radius 3 is 2.69 bits per heavy atom. The summed E-state index contributed by atoms with van der Waals surface area (Å²) in [6, 6.07) is 0. The maximum absolute atomic E-state index is 10.3. The van der Waals surface area contributed by atoms with Crippen molar-refractivity contribution in [3.05, 3.63) is 24.3 Å². The molecule has 0 amide bonds. The molecule has 2 aromatic heterocycles. The van der Waals surface area contributed by atoms with E-state index in [9.17, 15) is 10.2 Å². The van der Waals surface area contributed by atoms with Crippen molar-refractivity contribution in [2.75, 3.05) is 18.5 Å². The fraction of sp³-hybridized carbons (Fsp3) is 0.562. The average molecular weight is 381 g/mol. The van der Waals surface area contributed by atoms with Gasteiger partial charge in [-0.3, -0.25) is 4.57 Å². The zero-order valence-electron chi connectivity index (χ0n) is 14.1. The van der Waals surface area contributed by atoms with E-state index in [1.54, 1.807) is 4.57 Å². The van der Waals surface area contributed by atoms with Crippen LogP contribution in [0.4, 0.5) is 5.82 Å². The highest BCUT2D eigenvalue weighted by Gasteiger charge is 2.43. The number of fused-ring (bicyclic) bond motifs is 1. The Bertz CT molecular complexity index is 809. The van der Waals surface area contributed by atoms with Gasteiger partial charge in [0.25, 0.3) is 0 Å². The maximum atomic E-state index is 10.3. The molecule has 140 valence electrons. The topological polar surface area (TPSA) is 109 Å². The molecule has 2 aliphatic heterocycles. The van der Waals surface area contributed by atoms with Crippen molar-refractivity contribution in [3.63, 3.8) is 0 Å². The SMILES string of the molecule is C=C[C@H]1O[C@@H](n2cnc3c(NN4CCCCC4)nc(Cl)nc32)[C@H](O)[C@@H]1O. The van der Waals surface area contributed by atoms with Crippen LogP contribution in [0.2, 0.25) is 5.28 Å². The molecular weight excluding hydrogens is 360 g/mol. The van der Waals surface area contributed by atoms with Gasteiger partial charge in [0.15, 0.2) is 23.2 Å². The molecule has 2 aromatic rings. The number of aromatic nitrogens is 4. The first-order valence-electron chi connectivity index (χ1n) is 8.64. The van der Waals surface area contributed by atoms with Crippen LogP contribution in [0, 0.1) is 0 Å². The smallest absolute Gasteiger partial charge is 0.226 e. The Morgan fingerprint density at radius 2 is 2.00 bits per heavy atom. The summed E-state index contributed by atoms with van der Waals surface area (Å²) in [6.07, 6.45) is 2.69. The van der Waals surface area contributed by atoms with Gasteiger partial charge in [0.1, 0.15) is 18.3 Å². The number of ether oxygens (including phenoxy) is 1. The number of halogens is 1. The Morgan fingerprint density at radius 1 is 1.23 bits per heavy atom. The number of aliphatic hydroxyl groups is 2. The summed E-state index contributed by atoms with van der Waals surface area (Å²) in [6.45, 7) is 5.45. The van der Waals surface area contributed by atoms with Crippen molar-refractivity contribution >= 4 is 28.6 Å². The summed E-state index contributed by atoms with van der Waals surface area (Å²) in [4.78, 5) is 12.9. The first-order valence-corrected chi connectivity index (χ1v) is 9.02. The number of hydrogen-bond donors (Lipinski definition) is 3. The molecule has 9 nitrogen and oxygen atoms in total. The zero-order chi connectivity index (χ0) is 18.3. The highest BCUT2D eigenvalue weighted by molar-refractivity contribution is 6.28. The minimum atomic E-state index is -1.14. The third-order valence-electron chi connectivity index (χ3n) is 4.80. The molecule has 0 unspecified atom stereocenters. The minimum absolute atomic E-state index is 0.0621. The molecule has 0 saturated carbocycles. The van der Waals surface area contributed by atoms with E-state index < -0.39 is 24.5 Å². The number of rotatable bonds is 4. The van der Waals surface area contributed by atoms with Gasteiger partial charge in [0.05, 0.1) is 6.33 Å². The van der Waals surface area contributed by atoms with Crippen LogP contribution >= 0.6 is 11.6 Å². The van der Waals surface area contributed by atoms with E-state index in [1.807, 2.05) is 0 Å². The molecule has 4 heterocycles. The second-order valence-corrected chi connectivity index (χ2v) is 6.87. The molecule has 0 aliphatic carbocycles. The summed E-state index contributed by atoms with van der Waals surface area (Å²) in [5.74, 6) is 0.508. The monoisotopic (exact) mass is 380 g/mol. The molecule has 4 atom stereocenters. The molecule has 2 saturated heterocycles. The Hall–Kier alpha value is -1.78. The number of nitrogens with one attached hydrogen (secondary N) is 1. The third kappa shape index (κ3) is 3.06. The predicted molar refractivity (Wildman–Crippen MR) is 95.5 cm³/mol. The number of hydrogen-bond acceptors (Lipinski definition) is 8. The van der Waals surface area contributed by atoms with Crippen molar-refractivity contribution in [1.82, 2.24) is 24.5 Å². The lowest BCUT2D eigenvalue weighted by Crippen LogP contribution is -2.35. The van der Waals surface area contributed by atoms with Crippen molar-refractivity contribution in [2.24, 2.45) is 0 Å². The van der Waals surface area contributed by atoms with Gasteiger partial charge in [-0.1, -0.05) is 12.5 Å². The molecule has 10 heteroatoms. The number of piperidine rings is 1. The molecule has 2 fully saturated rings. The second kappa shape index (κ2) is 7.09. The van der Waals surface area contributed by atoms with Gasteiger partial charge in [0.2, 0.25) is 5.28 Å². The lowest BCUT2D eigenvalue weighted by atomic mass is 10.1. The molecule has 0 bridgehead atoms. The van der Waals surface area contributed by atoms with E-state index in [-0.39, 0.29) is 5.28 Å². The average Bonchev–Trinajstić information content (AvgIpc) is 3.17. The van der Waals surface area contributed by atoms with Crippen LogP contribution in [0.5, 0.6) is 0 Å². The van der Waals surface area contributed by atoms with E-state index in [0.717, 1.165) is 25.9 Å². The highest BCUT2D eigenvalue weighted by atomic mass is 35.5. The Balaban J connectivity index is 1.68. The van der Waals surface area contributed by atoms with E-state index >= 15 is 0 Å². The van der Waals surface area contributed by atoms with E-state index in [4.69, 9.17) is 16.3 Å². The molecule has 26 heavy (non-hydrogen) atoms. The Kier molecular flexibility index (Phi) is 4.80. The summed E-state index contributed by atoms with van der Waals surface area (Å²) in [7, 11) is 0. The summed E-state index contributed by atoms with van der Waals surface area (Å²) in [5, 5.41) is 22.5. The lowest BCUT2D eigenvalue weighted by molar-refractivity contribution is -0.0244. The molecule has 3 N–H and O–H groups in total. The highest BCUT2D eigenvalue weighted by Crippen LogP contribution is 2.33. The molecule has 4 rings (SSSR count). The van der Waals surface area contributed by atoms with Crippen molar-refractivity contribution in [2.45, 2.75) is 43.8 Å². The fourth-order valence-electron chi connectivity index (χ4n) is 3.42. The van der Waals surface area contributed by atoms with Crippen molar-refractivity contribution in [1.29, 1.82) is 0 Å². The van der Waals surface area contributed by atoms with Crippen LogP contribution in [0.15, 0.2) is 19.0 Å². The second-order valence-electron chi connectivity index (χ2n) is 6.53. The molecular formula is C16H21ClN6O3. The zero-order valence-corrected chi connectivity index (χ0v) is 14.9. The molecule has 0 spiro atoms. The van der Waals surface area contributed by atoms with Crippen molar-refractivity contribution < 1.29 is 14.9 Å². The predicted octanol–water partition coefficient (Wildman–Crippen LogP) is 1.10. The van der Waals surface area contributed by atoms with Crippen LogP contribution < -0.4 is 5.43 Å². The first kappa shape index (κ1) is 17.6. The van der Waals surface area contributed by atoms with Gasteiger partial charge in [-0.15, -0.1) is 6.58 Å². The van der Waals surface area contributed by atoms with Gasteiger partial charge < -0.3 is 20.4 Å². The number of aliphatic hydroxyl groups excluding tert-OH is 2. The third-order valence-corrected chi connectivity index (χ3v) is 4.96. The number of nitrogens with zero attached hydrogens (tertiary/aromatic N) is 5. The molecule has 0 radical (unpaired) electrons. The fourth-order valence-corrected chi connectivity index (χ4v) is 3.58. The van der Waals surface area contributed by atoms with E-state index in [2.05, 4.69) is 32.0 Å². The van der Waals surface area contributed by atoms with Gasteiger partial charge in [0, 0.05) is 13.1 Å². The number of anilines is 1. The standard InChI is InChI=1S/C16H21ClN6O3/c1-2-9-11(24)12(25)15(26-9)23-8-18-10-13(19-16(17)20-14(10)23)21-22-6-4-3-5-7-22/h2,8-9,11-12,15,24-25H,1,3-7H2,(H,19,20,21)/t9-,11-,12-,15-/m1/s1. The summed E-state index contributed by atoms with van der Waals surface area (Å²) < 4.78 is 7.25. The molecule has 2 aliphatic rings. The van der Waals surface area contributed by atoms with Crippen LogP contribution in [0.1, 0.15) is 25.5 Å². The molecule has 0 aromatic carbocycles. The van der Waals surface area contributed by atoms with Crippen LogP contribution in [-0.4, -0.2) is 66.1 Å². The van der Waals surface area contributed by atoms with Gasteiger partial charge >= 0.3 is 0 Å². The van der Waals surface area contributed by atoms with Crippen LogP contribution in [0.3, 0.4) is 0 Å². The quantitative estimate of drug-likeness (QED) is 0.534. The van der Waals surface area contributed by atoms with Crippen molar-refractivity contribution in [3.8, 4) is 0 Å². The largest absolute Gasteiger partial charge is 0.387 e. The summed E-state index contributed by atoms with van der Waals surface area (Å²) >= 11 is 6.11. The van der Waals surface area contributed by atoms with E-state index in [0.29, 0.717) is 17.0 Å². The summed E-state index contributed by atoms with van der Waals surface area (Å²) in [5.41, 5.74) is 4.20. The van der Waals surface area contributed by atoms with Gasteiger partial charge in [-0.25, -0.2) is 9.99 Å². The minimum Gasteiger partial charge on any atom is -0.387 e. The first-order chi connectivity index (χ1) is 12.6. The Labute approximate surface area is 155 Å². The van der Waals surface area contributed by atoms with E-state index in [1.165, 1.54) is 18.8 Å². The van der Waals surface area contributed by atoms with Crippen LogP contribution in [0.25, 0.3) is 11.2 Å². The lowest BCUT2D eigenvalue weighted by Gasteiger charge is -2.27. The maximum Gasteiger partial charge on any atom is 0.226 e. The van der Waals surface area contributed by atoms with Crippen LogP contribution in [-0.2, 0) is 4.74 Å². The number of hydrazine groups is 1.